The molecule has 0 atom stereocenters. The molecule has 0 aliphatic carbocycles. The molecule has 0 radical (unpaired) electrons. The first-order valence-electron chi connectivity index (χ1n) is 9.06. The second kappa shape index (κ2) is 10.2. The van der Waals surface area contributed by atoms with E-state index in [0.29, 0.717) is 37.9 Å². The largest absolute Gasteiger partial charge is 0.490 e. The Labute approximate surface area is 146 Å². The summed E-state index contributed by atoms with van der Waals surface area (Å²) in [5.41, 5.74) is 1.09. The van der Waals surface area contributed by atoms with E-state index >= 15 is 0 Å². The van der Waals surface area contributed by atoms with Crippen LogP contribution in [0.25, 0.3) is 0 Å². The number of amides is 1. The summed E-state index contributed by atoms with van der Waals surface area (Å²) in [6.45, 7) is 13.7. The molecule has 0 heterocycles. The molecule has 0 aliphatic heterocycles. The summed E-state index contributed by atoms with van der Waals surface area (Å²) in [6.07, 6.45) is 1.18. The van der Waals surface area contributed by atoms with Gasteiger partial charge in [-0.1, -0.05) is 33.8 Å². The van der Waals surface area contributed by atoms with Crippen molar-refractivity contribution in [2.45, 2.75) is 60.4 Å². The van der Waals surface area contributed by atoms with Gasteiger partial charge in [0.15, 0.2) is 11.5 Å². The van der Waals surface area contributed by atoms with Crippen molar-refractivity contribution in [3.05, 3.63) is 23.8 Å². The maximum Gasteiger partial charge on any atom is 0.220 e. The molecule has 0 aliphatic rings. The summed E-state index contributed by atoms with van der Waals surface area (Å²) < 4.78 is 11.2. The van der Waals surface area contributed by atoms with E-state index in [1.807, 2.05) is 32.0 Å². The van der Waals surface area contributed by atoms with E-state index in [0.717, 1.165) is 17.1 Å². The Morgan fingerprint density at radius 1 is 1.00 bits per heavy atom. The molecule has 1 N–H and O–H groups in total. The van der Waals surface area contributed by atoms with Gasteiger partial charge in [0.1, 0.15) is 0 Å². The van der Waals surface area contributed by atoms with E-state index in [1.54, 1.807) is 0 Å². The van der Waals surface area contributed by atoms with Gasteiger partial charge >= 0.3 is 0 Å². The summed E-state index contributed by atoms with van der Waals surface area (Å²) in [6, 6.07) is 6.12. The number of ether oxygens (including phenoxy) is 2. The SMILES string of the molecule is CCOc1ccc(CCC(=O)NC(C(C)C)C(C)C)cc1OCC. The van der Waals surface area contributed by atoms with Crippen LogP contribution < -0.4 is 14.8 Å². The third-order valence-corrected chi connectivity index (χ3v) is 4.01. The van der Waals surface area contributed by atoms with Crippen molar-refractivity contribution in [2.75, 3.05) is 13.2 Å². The lowest BCUT2D eigenvalue weighted by Gasteiger charge is -2.26. The molecule has 0 aromatic heterocycles. The minimum atomic E-state index is 0.106. The highest BCUT2D eigenvalue weighted by molar-refractivity contribution is 5.76. The number of benzene rings is 1. The lowest BCUT2D eigenvalue weighted by Crippen LogP contribution is -2.42. The molecule has 1 amide bonds. The van der Waals surface area contributed by atoms with Gasteiger partial charge in [-0.05, 0) is 49.8 Å². The van der Waals surface area contributed by atoms with Gasteiger partial charge in [-0.15, -0.1) is 0 Å². The summed E-state index contributed by atoms with van der Waals surface area (Å²) >= 11 is 0. The molecule has 0 bridgehead atoms. The quantitative estimate of drug-likeness (QED) is 0.696. The third-order valence-electron chi connectivity index (χ3n) is 4.01. The van der Waals surface area contributed by atoms with Gasteiger partial charge in [0.25, 0.3) is 0 Å². The molecule has 1 aromatic carbocycles. The summed E-state index contributed by atoms with van der Waals surface area (Å²) in [4.78, 5) is 12.2. The third kappa shape index (κ3) is 6.42. The topological polar surface area (TPSA) is 47.6 Å². The van der Waals surface area contributed by atoms with E-state index in [4.69, 9.17) is 9.47 Å². The normalized spacial score (nSPS) is 11.2. The zero-order chi connectivity index (χ0) is 18.1. The molecule has 136 valence electrons. The fourth-order valence-corrected chi connectivity index (χ4v) is 2.87. The Balaban J connectivity index is 2.66. The lowest BCUT2D eigenvalue weighted by molar-refractivity contribution is -0.122. The number of carbonyl (C=O) groups is 1. The molecule has 0 unspecified atom stereocenters. The minimum Gasteiger partial charge on any atom is -0.490 e. The first-order chi connectivity index (χ1) is 11.4. The fourth-order valence-electron chi connectivity index (χ4n) is 2.87. The van der Waals surface area contributed by atoms with Crippen molar-refractivity contribution in [2.24, 2.45) is 11.8 Å². The zero-order valence-corrected chi connectivity index (χ0v) is 16.0. The molecular weight excluding hydrogens is 302 g/mol. The van der Waals surface area contributed by atoms with Crippen LogP contribution in [0.2, 0.25) is 0 Å². The molecular formula is C20H33NO3. The number of hydrogen-bond donors (Lipinski definition) is 1. The van der Waals surface area contributed by atoms with Crippen LogP contribution >= 0.6 is 0 Å². The molecule has 1 aromatic rings. The molecule has 0 fully saturated rings. The Bertz CT molecular complexity index is 504. The highest BCUT2D eigenvalue weighted by atomic mass is 16.5. The minimum absolute atomic E-state index is 0.106. The number of nitrogens with one attached hydrogen (secondary N) is 1. The first-order valence-corrected chi connectivity index (χ1v) is 9.06. The van der Waals surface area contributed by atoms with Gasteiger partial charge in [-0.3, -0.25) is 4.79 Å². The molecule has 1 rings (SSSR count). The highest BCUT2D eigenvalue weighted by Gasteiger charge is 2.19. The average molecular weight is 335 g/mol. The van der Waals surface area contributed by atoms with Crippen LogP contribution in [-0.2, 0) is 11.2 Å². The smallest absolute Gasteiger partial charge is 0.220 e. The van der Waals surface area contributed by atoms with Crippen molar-refractivity contribution in [3.63, 3.8) is 0 Å². The summed E-state index contributed by atoms with van der Waals surface area (Å²) in [7, 11) is 0. The second-order valence-corrected chi connectivity index (χ2v) is 6.73. The van der Waals surface area contributed by atoms with Crippen LogP contribution in [0.5, 0.6) is 11.5 Å². The van der Waals surface area contributed by atoms with E-state index in [2.05, 4.69) is 33.0 Å². The molecule has 4 nitrogen and oxygen atoms in total. The number of aryl methyl sites for hydroxylation is 1. The van der Waals surface area contributed by atoms with Crippen molar-refractivity contribution < 1.29 is 14.3 Å². The van der Waals surface area contributed by atoms with Gasteiger partial charge in [-0.25, -0.2) is 0 Å². The molecule has 24 heavy (non-hydrogen) atoms. The first kappa shape index (κ1) is 20.3. The molecule has 4 heteroatoms. The van der Waals surface area contributed by atoms with Crippen LogP contribution in [0.1, 0.15) is 53.5 Å². The van der Waals surface area contributed by atoms with Gasteiger partial charge in [0, 0.05) is 12.5 Å². The maximum atomic E-state index is 12.2. The second-order valence-electron chi connectivity index (χ2n) is 6.73. The molecule has 0 saturated carbocycles. The number of rotatable bonds is 10. The van der Waals surface area contributed by atoms with E-state index < -0.39 is 0 Å². The van der Waals surface area contributed by atoms with Gasteiger partial charge in [-0.2, -0.15) is 0 Å². The van der Waals surface area contributed by atoms with Crippen LogP contribution in [0.15, 0.2) is 18.2 Å². The van der Waals surface area contributed by atoms with Crippen molar-refractivity contribution >= 4 is 5.91 Å². The zero-order valence-electron chi connectivity index (χ0n) is 16.0. The van der Waals surface area contributed by atoms with E-state index in [9.17, 15) is 4.79 Å². The van der Waals surface area contributed by atoms with Crippen LogP contribution in [0.4, 0.5) is 0 Å². The van der Waals surface area contributed by atoms with Crippen molar-refractivity contribution in [1.82, 2.24) is 5.32 Å². The van der Waals surface area contributed by atoms with E-state index in [1.165, 1.54) is 0 Å². The van der Waals surface area contributed by atoms with Gasteiger partial charge in [0.2, 0.25) is 5.91 Å². The van der Waals surface area contributed by atoms with Gasteiger partial charge in [0.05, 0.1) is 13.2 Å². The van der Waals surface area contributed by atoms with Crippen LogP contribution in [0, 0.1) is 11.8 Å². The van der Waals surface area contributed by atoms with E-state index in [-0.39, 0.29) is 11.9 Å². The Kier molecular flexibility index (Phi) is 8.66. The van der Waals surface area contributed by atoms with Crippen LogP contribution in [0.3, 0.4) is 0 Å². The number of carbonyl (C=O) groups excluding carboxylic acids is 1. The maximum absolute atomic E-state index is 12.2. The molecule has 0 saturated heterocycles. The van der Waals surface area contributed by atoms with Crippen molar-refractivity contribution in [3.8, 4) is 11.5 Å². The predicted octanol–water partition coefficient (Wildman–Crippen LogP) is 4.21. The van der Waals surface area contributed by atoms with Gasteiger partial charge < -0.3 is 14.8 Å². The predicted molar refractivity (Wildman–Crippen MR) is 98.7 cm³/mol. The number of hydrogen-bond acceptors (Lipinski definition) is 3. The van der Waals surface area contributed by atoms with Crippen molar-refractivity contribution in [1.29, 1.82) is 0 Å². The fraction of sp³-hybridized carbons (Fsp3) is 0.650. The Morgan fingerprint density at radius 3 is 2.12 bits per heavy atom. The summed E-state index contributed by atoms with van der Waals surface area (Å²) in [5.74, 6) is 2.48. The average Bonchev–Trinajstić information content (AvgIpc) is 2.52. The lowest BCUT2D eigenvalue weighted by atomic mass is 9.93. The Hall–Kier alpha value is -1.71. The molecule has 0 spiro atoms. The summed E-state index contributed by atoms with van der Waals surface area (Å²) in [5, 5.41) is 3.16. The standard InChI is InChI=1S/C20H33NO3/c1-7-23-17-11-9-16(13-18(17)24-8-2)10-12-19(22)21-20(14(3)4)15(5)6/h9,11,13-15,20H,7-8,10,12H2,1-6H3,(H,21,22). The van der Waals surface area contributed by atoms with Crippen LogP contribution in [-0.4, -0.2) is 25.2 Å². The monoisotopic (exact) mass is 335 g/mol. The Morgan fingerprint density at radius 2 is 1.58 bits per heavy atom. The highest BCUT2D eigenvalue weighted by Crippen LogP contribution is 2.29.